The summed E-state index contributed by atoms with van der Waals surface area (Å²) < 4.78 is 30.4. The van der Waals surface area contributed by atoms with Crippen LogP contribution in [-0.2, 0) is 14.0 Å². The van der Waals surface area contributed by atoms with Crippen molar-refractivity contribution in [2.45, 2.75) is 45.3 Å². The van der Waals surface area contributed by atoms with Gasteiger partial charge in [0.2, 0.25) is 0 Å². The lowest BCUT2D eigenvalue weighted by atomic mass is 9.77. The molecule has 0 spiro atoms. The van der Waals surface area contributed by atoms with Crippen LogP contribution in [0.3, 0.4) is 0 Å². The van der Waals surface area contributed by atoms with Gasteiger partial charge in [-0.05, 0) is 27.7 Å². The van der Waals surface area contributed by atoms with E-state index in [1.165, 1.54) is 0 Å². The average Bonchev–Trinajstić information content (AvgIpc) is 2.36. The highest BCUT2D eigenvalue weighted by Crippen LogP contribution is 2.39. The number of hydrogen-bond donors (Lipinski definition) is 0. The minimum Gasteiger partial charge on any atom is -0.399 e. The van der Waals surface area contributed by atoms with Gasteiger partial charge in [0.25, 0.3) is 0 Å². The zero-order chi connectivity index (χ0) is 12.0. The lowest BCUT2D eigenvalue weighted by Crippen LogP contribution is -2.41. The fourth-order valence-corrected chi connectivity index (χ4v) is 1.76. The van der Waals surface area contributed by atoms with Crippen LogP contribution in [0.4, 0.5) is 4.39 Å². The van der Waals surface area contributed by atoms with Crippen LogP contribution in [0.25, 0.3) is 0 Å². The van der Waals surface area contributed by atoms with Crippen molar-refractivity contribution < 1.29 is 18.4 Å². The maximum absolute atomic E-state index is 13.6. The largest absolute Gasteiger partial charge is 0.495 e. The summed E-state index contributed by atoms with van der Waals surface area (Å²) in [6.07, 6.45) is 0.319. The summed E-state index contributed by atoms with van der Waals surface area (Å²) in [5, 5.41) is 0. The van der Waals surface area contributed by atoms with Crippen molar-refractivity contribution in [3.63, 3.8) is 0 Å². The van der Waals surface area contributed by atoms with E-state index in [-0.39, 0.29) is 12.4 Å². The van der Waals surface area contributed by atoms with E-state index < -0.39 is 18.3 Å². The molecule has 2 heterocycles. The van der Waals surface area contributed by atoms with Gasteiger partial charge in [-0.1, -0.05) is 0 Å². The molecule has 0 aromatic carbocycles. The van der Waals surface area contributed by atoms with Gasteiger partial charge in [-0.15, -0.1) is 0 Å². The predicted octanol–water partition coefficient (Wildman–Crippen LogP) is 2.26. The van der Waals surface area contributed by atoms with E-state index in [0.717, 1.165) is 0 Å². The molecule has 0 bridgehead atoms. The van der Waals surface area contributed by atoms with Gasteiger partial charge in [0, 0.05) is 11.9 Å². The molecule has 0 N–H and O–H groups in total. The first-order valence-electron chi connectivity index (χ1n) is 5.64. The predicted molar refractivity (Wildman–Crippen MR) is 59.7 cm³/mol. The zero-order valence-corrected chi connectivity index (χ0v) is 10.3. The van der Waals surface area contributed by atoms with Crippen LogP contribution in [0.15, 0.2) is 11.3 Å². The summed E-state index contributed by atoms with van der Waals surface area (Å²) in [5.41, 5.74) is -0.352. The van der Waals surface area contributed by atoms with E-state index in [0.29, 0.717) is 18.5 Å². The smallest absolute Gasteiger partial charge is 0.399 e. The van der Waals surface area contributed by atoms with Gasteiger partial charge in [0.1, 0.15) is 5.83 Å². The van der Waals surface area contributed by atoms with Gasteiger partial charge in [0.15, 0.2) is 0 Å². The number of rotatable bonds is 1. The lowest BCUT2D eigenvalue weighted by molar-refractivity contribution is 0.00578. The quantitative estimate of drug-likeness (QED) is 0.644. The summed E-state index contributed by atoms with van der Waals surface area (Å²) in [6.45, 7) is 8.52. The Balaban J connectivity index is 2.20. The fraction of sp³-hybridized carbons (Fsp3) is 0.818. The van der Waals surface area contributed by atoms with E-state index in [1.807, 2.05) is 27.7 Å². The van der Waals surface area contributed by atoms with E-state index >= 15 is 0 Å². The Morgan fingerprint density at radius 1 is 1.12 bits per heavy atom. The van der Waals surface area contributed by atoms with Crippen molar-refractivity contribution in [2.24, 2.45) is 0 Å². The molecule has 90 valence electrons. The second-order valence-electron chi connectivity index (χ2n) is 5.32. The third-order valence-corrected chi connectivity index (χ3v) is 3.61. The third kappa shape index (κ3) is 1.92. The molecular formula is C11H18BFO3. The number of halogens is 1. The van der Waals surface area contributed by atoms with E-state index in [4.69, 9.17) is 14.0 Å². The lowest BCUT2D eigenvalue weighted by Gasteiger charge is -2.32. The van der Waals surface area contributed by atoms with Gasteiger partial charge in [0.05, 0.1) is 24.4 Å². The SMILES string of the molecule is CC1(C)OB(C2=C(F)CCOC2)OC1(C)C. The second kappa shape index (κ2) is 3.82. The molecule has 0 unspecified atom stereocenters. The molecule has 1 fully saturated rings. The van der Waals surface area contributed by atoms with Gasteiger partial charge >= 0.3 is 7.12 Å². The Labute approximate surface area is 96.1 Å². The van der Waals surface area contributed by atoms with Gasteiger partial charge in [-0.2, -0.15) is 0 Å². The first-order valence-corrected chi connectivity index (χ1v) is 5.64. The molecule has 0 aromatic rings. The van der Waals surface area contributed by atoms with Crippen LogP contribution in [0, 0.1) is 0 Å². The molecule has 3 nitrogen and oxygen atoms in total. The molecule has 2 aliphatic rings. The maximum atomic E-state index is 13.6. The monoisotopic (exact) mass is 228 g/mol. The van der Waals surface area contributed by atoms with Crippen molar-refractivity contribution in [1.82, 2.24) is 0 Å². The molecule has 2 rings (SSSR count). The summed E-state index contributed by atoms with van der Waals surface area (Å²) in [6, 6.07) is 0. The minimum absolute atomic E-state index is 0.148. The van der Waals surface area contributed by atoms with E-state index in [2.05, 4.69) is 0 Å². The zero-order valence-electron chi connectivity index (χ0n) is 10.3. The fourth-order valence-electron chi connectivity index (χ4n) is 1.76. The van der Waals surface area contributed by atoms with E-state index in [9.17, 15) is 4.39 Å². The molecule has 5 heteroatoms. The van der Waals surface area contributed by atoms with Gasteiger partial charge < -0.3 is 14.0 Å². The molecule has 16 heavy (non-hydrogen) atoms. The van der Waals surface area contributed by atoms with Crippen molar-refractivity contribution in [3.05, 3.63) is 11.3 Å². The van der Waals surface area contributed by atoms with Gasteiger partial charge in [-0.25, -0.2) is 4.39 Å². The van der Waals surface area contributed by atoms with Crippen LogP contribution >= 0.6 is 0 Å². The molecule has 0 saturated carbocycles. The first-order chi connectivity index (χ1) is 7.33. The Bertz CT molecular complexity index is 309. The molecule has 0 atom stereocenters. The van der Waals surface area contributed by atoms with Crippen LogP contribution in [-0.4, -0.2) is 31.5 Å². The van der Waals surface area contributed by atoms with Crippen molar-refractivity contribution in [1.29, 1.82) is 0 Å². The highest BCUT2D eigenvalue weighted by Gasteiger charge is 2.53. The third-order valence-electron chi connectivity index (χ3n) is 3.61. The van der Waals surface area contributed by atoms with Crippen LogP contribution in [0.5, 0.6) is 0 Å². The summed E-state index contributed by atoms with van der Waals surface area (Å²) in [4.78, 5) is 0. The first kappa shape index (κ1) is 12.1. The van der Waals surface area contributed by atoms with Gasteiger partial charge in [-0.3, -0.25) is 0 Å². The Morgan fingerprint density at radius 2 is 1.69 bits per heavy atom. The molecule has 0 aliphatic carbocycles. The number of ether oxygens (including phenoxy) is 1. The highest BCUT2D eigenvalue weighted by atomic mass is 19.1. The second-order valence-corrected chi connectivity index (χ2v) is 5.32. The summed E-state index contributed by atoms with van der Waals surface area (Å²) in [7, 11) is -0.606. The molecule has 0 aromatic heterocycles. The van der Waals surface area contributed by atoms with E-state index in [1.54, 1.807) is 0 Å². The number of hydrogen-bond acceptors (Lipinski definition) is 3. The molecule has 2 aliphatic heterocycles. The normalized spacial score (nSPS) is 28.7. The molecule has 0 radical (unpaired) electrons. The van der Waals surface area contributed by atoms with Crippen LogP contribution < -0.4 is 0 Å². The Morgan fingerprint density at radius 3 is 2.19 bits per heavy atom. The van der Waals surface area contributed by atoms with Crippen LogP contribution in [0.1, 0.15) is 34.1 Å². The van der Waals surface area contributed by atoms with Crippen molar-refractivity contribution in [3.8, 4) is 0 Å². The maximum Gasteiger partial charge on any atom is 0.495 e. The Kier molecular flexibility index (Phi) is 2.89. The summed E-state index contributed by atoms with van der Waals surface area (Å²) in [5.74, 6) is -0.148. The van der Waals surface area contributed by atoms with Crippen molar-refractivity contribution in [2.75, 3.05) is 13.2 Å². The Hall–Kier alpha value is -0.385. The molecular weight excluding hydrogens is 210 g/mol. The highest BCUT2D eigenvalue weighted by molar-refractivity contribution is 6.54. The average molecular weight is 228 g/mol. The minimum atomic E-state index is -0.606. The van der Waals surface area contributed by atoms with Crippen molar-refractivity contribution >= 4 is 7.12 Å². The standard InChI is InChI=1S/C11H18BFO3/c1-10(2)11(3,4)16-12(15-10)8-7-14-6-5-9(8)13/h5-7H2,1-4H3. The topological polar surface area (TPSA) is 27.7 Å². The molecule has 0 amide bonds. The summed E-state index contributed by atoms with van der Waals surface area (Å²) >= 11 is 0. The molecule has 1 saturated heterocycles. The van der Waals surface area contributed by atoms with Crippen LogP contribution in [0.2, 0.25) is 0 Å².